The van der Waals surface area contributed by atoms with Crippen molar-refractivity contribution in [2.24, 2.45) is 5.92 Å². The number of carbonyl (C=O) groups excluding carboxylic acids is 1. The van der Waals surface area contributed by atoms with E-state index in [9.17, 15) is 14.7 Å². The standard InChI is InChI=1S/C17H21NO3/c19-16-9-5-4-8-14-13(16)10-15(17(20)21)18(14)11-12-6-2-1-3-7-12/h1-3,6-7,13-15H,4-5,8-11H2,(H,20,21)/t13-,14+,15-/m0/s1. The maximum atomic E-state index is 12.2. The Balaban J connectivity index is 1.86. The van der Waals surface area contributed by atoms with Gasteiger partial charge in [0.1, 0.15) is 11.8 Å². The number of ketones is 1. The summed E-state index contributed by atoms with van der Waals surface area (Å²) >= 11 is 0. The van der Waals surface area contributed by atoms with Gasteiger partial charge in [0.25, 0.3) is 0 Å². The van der Waals surface area contributed by atoms with Crippen molar-refractivity contribution in [2.45, 2.75) is 50.7 Å². The number of hydrogen-bond donors (Lipinski definition) is 1. The number of Topliss-reactive ketones (excluding diaryl/α,β-unsaturated/α-hetero) is 1. The second kappa shape index (κ2) is 5.98. The molecule has 0 aromatic heterocycles. The number of hydrogen-bond acceptors (Lipinski definition) is 3. The van der Waals surface area contributed by atoms with E-state index >= 15 is 0 Å². The molecule has 4 nitrogen and oxygen atoms in total. The lowest BCUT2D eigenvalue weighted by molar-refractivity contribution is -0.142. The molecule has 1 aliphatic carbocycles. The summed E-state index contributed by atoms with van der Waals surface area (Å²) in [5.74, 6) is -0.622. The molecule has 2 aliphatic rings. The average Bonchev–Trinajstić information content (AvgIpc) is 2.73. The van der Waals surface area contributed by atoms with Crippen molar-refractivity contribution in [3.63, 3.8) is 0 Å². The van der Waals surface area contributed by atoms with Gasteiger partial charge < -0.3 is 5.11 Å². The first-order valence-corrected chi connectivity index (χ1v) is 7.72. The Kier molecular flexibility index (Phi) is 4.06. The van der Waals surface area contributed by atoms with Crippen LogP contribution in [0, 0.1) is 5.92 Å². The minimum absolute atomic E-state index is 0.0858. The van der Waals surface area contributed by atoms with Crippen LogP contribution in [0.15, 0.2) is 30.3 Å². The topological polar surface area (TPSA) is 57.6 Å². The van der Waals surface area contributed by atoms with Crippen LogP contribution in [-0.2, 0) is 16.1 Å². The number of aliphatic carboxylic acids is 1. The van der Waals surface area contributed by atoms with Gasteiger partial charge in [-0.3, -0.25) is 14.5 Å². The van der Waals surface area contributed by atoms with Gasteiger partial charge in [0.2, 0.25) is 0 Å². The molecule has 3 rings (SSSR count). The van der Waals surface area contributed by atoms with Crippen LogP contribution in [0.2, 0.25) is 0 Å². The number of carboxylic acid groups (broad SMARTS) is 1. The third-order valence-corrected chi connectivity index (χ3v) is 4.85. The van der Waals surface area contributed by atoms with E-state index < -0.39 is 12.0 Å². The molecule has 0 radical (unpaired) electrons. The van der Waals surface area contributed by atoms with Crippen molar-refractivity contribution >= 4 is 11.8 Å². The predicted molar refractivity (Wildman–Crippen MR) is 78.8 cm³/mol. The molecule has 0 amide bonds. The highest BCUT2D eigenvalue weighted by molar-refractivity contribution is 5.84. The van der Waals surface area contributed by atoms with Crippen molar-refractivity contribution in [3.8, 4) is 0 Å². The van der Waals surface area contributed by atoms with E-state index in [2.05, 4.69) is 0 Å². The van der Waals surface area contributed by atoms with E-state index in [1.54, 1.807) is 0 Å². The lowest BCUT2D eigenvalue weighted by atomic mass is 9.93. The van der Waals surface area contributed by atoms with Crippen LogP contribution < -0.4 is 0 Å². The van der Waals surface area contributed by atoms with Crippen molar-refractivity contribution < 1.29 is 14.7 Å². The van der Waals surface area contributed by atoms with Crippen LogP contribution >= 0.6 is 0 Å². The number of carbonyl (C=O) groups is 2. The molecule has 0 bridgehead atoms. The monoisotopic (exact) mass is 287 g/mol. The Morgan fingerprint density at radius 3 is 2.71 bits per heavy atom. The van der Waals surface area contributed by atoms with Crippen LogP contribution in [0.1, 0.15) is 37.7 Å². The van der Waals surface area contributed by atoms with Crippen molar-refractivity contribution in [1.29, 1.82) is 0 Å². The first-order chi connectivity index (χ1) is 10.2. The molecule has 112 valence electrons. The summed E-state index contributed by atoms with van der Waals surface area (Å²) in [6.07, 6.45) is 4.00. The Bertz CT molecular complexity index is 528. The van der Waals surface area contributed by atoms with E-state index in [-0.39, 0.29) is 17.7 Å². The molecule has 1 N–H and O–H groups in total. The Labute approximate surface area is 124 Å². The molecule has 4 heteroatoms. The van der Waals surface area contributed by atoms with Crippen molar-refractivity contribution in [3.05, 3.63) is 35.9 Å². The fourth-order valence-electron chi connectivity index (χ4n) is 3.81. The van der Waals surface area contributed by atoms with Crippen LogP contribution in [0.3, 0.4) is 0 Å². The quantitative estimate of drug-likeness (QED) is 0.928. The van der Waals surface area contributed by atoms with Crippen LogP contribution in [0.25, 0.3) is 0 Å². The molecule has 1 aromatic carbocycles. The van der Waals surface area contributed by atoms with Gasteiger partial charge in [-0.1, -0.05) is 36.8 Å². The summed E-state index contributed by atoms with van der Waals surface area (Å²) in [7, 11) is 0. The fraction of sp³-hybridized carbons (Fsp3) is 0.529. The predicted octanol–water partition coefficient (Wildman–Crippen LogP) is 2.47. The van der Waals surface area contributed by atoms with Gasteiger partial charge in [0, 0.05) is 24.9 Å². The van der Waals surface area contributed by atoms with E-state index in [1.807, 2.05) is 35.2 Å². The maximum absolute atomic E-state index is 12.2. The highest BCUT2D eigenvalue weighted by Crippen LogP contribution is 2.38. The van der Waals surface area contributed by atoms with Crippen molar-refractivity contribution in [2.75, 3.05) is 0 Å². The lowest BCUT2D eigenvalue weighted by Gasteiger charge is -2.29. The third-order valence-electron chi connectivity index (χ3n) is 4.85. The summed E-state index contributed by atoms with van der Waals surface area (Å²) in [5, 5.41) is 9.51. The van der Waals surface area contributed by atoms with Gasteiger partial charge in [-0.05, 0) is 24.8 Å². The summed E-state index contributed by atoms with van der Waals surface area (Å²) < 4.78 is 0. The second-order valence-corrected chi connectivity index (χ2v) is 6.13. The first kappa shape index (κ1) is 14.3. The van der Waals surface area contributed by atoms with Gasteiger partial charge in [-0.2, -0.15) is 0 Å². The molecule has 0 spiro atoms. The minimum atomic E-state index is -0.799. The summed E-state index contributed by atoms with van der Waals surface area (Å²) in [6, 6.07) is 9.51. The Morgan fingerprint density at radius 2 is 2.00 bits per heavy atom. The van der Waals surface area contributed by atoms with E-state index in [1.165, 1.54) is 0 Å². The largest absolute Gasteiger partial charge is 0.480 e. The number of nitrogens with zero attached hydrogens (tertiary/aromatic N) is 1. The number of benzene rings is 1. The lowest BCUT2D eigenvalue weighted by Crippen LogP contribution is -2.41. The van der Waals surface area contributed by atoms with E-state index in [4.69, 9.17) is 0 Å². The molecule has 1 saturated heterocycles. The number of fused-ring (bicyclic) bond motifs is 1. The molecule has 21 heavy (non-hydrogen) atoms. The summed E-state index contributed by atoms with van der Waals surface area (Å²) in [6.45, 7) is 0.617. The van der Waals surface area contributed by atoms with Crippen LogP contribution in [0.4, 0.5) is 0 Å². The molecule has 2 fully saturated rings. The first-order valence-electron chi connectivity index (χ1n) is 7.72. The summed E-state index contributed by atoms with van der Waals surface area (Å²) in [5.41, 5.74) is 1.11. The molecule has 1 aliphatic heterocycles. The third kappa shape index (κ3) is 2.86. The smallest absolute Gasteiger partial charge is 0.320 e. The zero-order chi connectivity index (χ0) is 14.8. The Hall–Kier alpha value is -1.68. The second-order valence-electron chi connectivity index (χ2n) is 6.13. The van der Waals surface area contributed by atoms with E-state index in [0.717, 1.165) is 24.8 Å². The van der Waals surface area contributed by atoms with Gasteiger partial charge in [0.15, 0.2) is 0 Å². The normalized spacial score (nSPS) is 29.9. The number of rotatable bonds is 3. The average molecular weight is 287 g/mol. The fourth-order valence-corrected chi connectivity index (χ4v) is 3.81. The molecule has 0 unspecified atom stereocenters. The zero-order valence-corrected chi connectivity index (χ0v) is 12.1. The molecule has 1 heterocycles. The van der Waals surface area contributed by atoms with Gasteiger partial charge in [0.05, 0.1) is 0 Å². The van der Waals surface area contributed by atoms with Gasteiger partial charge in [-0.15, -0.1) is 0 Å². The molecular weight excluding hydrogens is 266 g/mol. The van der Waals surface area contributed by atoms with Crippen molar-refractivity contribution in [1.82, 2.24) is 4.90 Å². The van der Waals surface area contributed by atoms with Gasteiger partial charge >= 0.3 is 5.97 Å². The van der Waals surface area contributed by atoms with Gasteiger partial charge in [-0.25, -0.2) is 0 Å². The highest BCUT2D eigenvalue weighted by atomic mass is 16.4. The summed E-state index contributed by atoms with van der Waals surface area (Å²) in [4.78, 5) is 25.9. The highest BCUT2D eigenvalue weighted by Gasteiger charge is 2.47. The van der Waals surface area contributed by atoms with E-state index in [0.29, 0.717) is 19.4 Å². The number of likely N-dealkylation sites (tertiary alicyclic amines) is 1. The SMILES string of the molecule is O=C1CCCC[C@@H]2[C@@H]1C[C@@H](C(=O)O)N2Cc1ccccc1. The molecule has 1 aromatic rings. The molecule has 1 saturated carbocycles. The van der Waals surface area contributed by atoms with Crippen LogP contribution in [-0.4, -0.2) is 33.8 Å². The maximum Gasteiger partial charge on any atom is 0.320 e. The Morgan fingerprint density at radius 1 is 1.24 bits per heavy atom. The van der Waals surface area contributed by atoms with Crippen LogP contribution in [0.5, 0.6) is 0 Å². The molecular formula is C17H21NO3. The minimum Gasteiger partial charge on any atom is -0.480 e. The zero-order valence-electron chi connectivity index (χ0n) is 12.1. The number of carboxylic acids is 1. The molecule has 3 atom stereocenters.